The van der Waals surface area contributed by atoms with Crippen LogP contribution in [0.15, 0.2) is 18.2 Å². The molecule has 2 nitrogen and oxygen atoms in total. The summed E-state index contributed by atoms with van der Waals surface area (Å²) in [4.78, 5) is 0. The Kier molecular flexibility index (Phi) is 2.42. The van der Waals surface area contributed by atoms with Crippen LogP contribution in [-0.4, -0.2) is 6.54 Å². The van der Waals surface area contributed by atoms with Crippen molar-refractivity contribution >= 4 is 17.3 Å². The van der Waals surface area contributed by atoms with E-state index in [1.165, 1.54) is 5.56 Å². The van der Waals surface area contributed by atoms with Crippen LogP contribution in [0.5, 0.6) is 0 Å². The molecule has 1 heterocycles. The summed E-state index contributed by atoms with van der Waals surface area (Å²) >= 11 is 5.90. The normalized spacial score (nSPS) is 21.5. The molecule has 0 amide bonds. The number of rotatable bonds is 0. The third-order valence-electron chi connectivity index (χ3n) is 2.42. The van der Waals surface area contributed by atoms with E-state index in [1.54, 1.807) is 0 Å². The fraction of sp³-hybridized carbons (Fsp3) is 0.400. The molecule has 0 bridgehead atoms. The summed E-state index contributed by atoms with van der Waals surface area (Å²) in [7, 11) is 0. The zero-order valence-electron chi connectivity index (χ0n) is 7.39. The van der Waals surface area contributed by atoms with Gasteiger partial charge in [0, 0.05) is 23.3 Å². The molecule has 0 radical (unpaired) electrons. The number of hydrogen-bond acceptors (Lipinski definition) is 2. The number of fused-ring (bicyclic) bond motifs is 1. The minimum atomic E-state index is 0.155. The monoisotopic (exact) mass is 196 g/mol. The van der Waals surface area contributed by atoms with Crippen LogP contribution in [0, 0.1) is 0 Å². The number of benzene rings is 1. The first kappa shape index (κ1) is 8.85. The van der Waals surface area contributed by atoms with E-state index in [1.807, 2.05) is 18.2 Å². The molecular weight excluding hydrogens is 184 g/mol. The van der Waals surface area contributed by atoms with Crippen molar-refractivity contribution in [3.05, 3.63) is 28.8 Å². The van der Waals surface area contributed by atoms with E-state index in [2.05, 4.69) is 5.32 Å². The van der Waals surface area contributed by atoms with Crippen LogP contribution in [0.3, 0.4) is 0 Å². The molecule has 70 valence electrons. The van der Waals surface area contributed by atoms with Gasteiger partial charge in [-0.3, -0.25) is 0 Å². The zero-order valence-corrected chi connectivity index (χ0v) is 8.14. The summed E-state index contributed by atoms with van der Waals surface area (Å²) in [6.45, 7) is 0.987. The second-order valence-corrected chi connectivity index (χ2v) is 3.84. The van der Waals surface area contributed by atoms with Crippen LogP contribution < -0.4 is 11.1 Å². The average molecular weight is 197 g/mol. The molecular formula is C10H13ClN2. The highest BCUT2D eigenvalue weighted by atomic mass is 35.5. The molecule has 3 N–H and O–H groups in total. The Labute approximate surface area is 83.1 Å². The fourth-order valence-electron chi connectivity index (χ4n) is 1.71. The molecule has 1 aromatic rings. The number of hydrogen-bond donors (Lipinski definition) is 2. The van der Waals surface area contributed by atoms with Gasteiger partial charge in [-0.1, -0.05) is 17.7 Å². The number of anilines is 1. The molecule has 0 saturated heterocycles. The highest BCUT2D eigenvalue weighted by Crippen LogP contribution is 2.29. The molecule has 13 heavy (non-hydrogen) atoms. The molecule has 0 fully saturated rings. The van der Waals surface area contributed by atoms with E-state index >= 15 is 0 Å². The molecule has 1 atom stereocenters. The molecule has 3 heteroatoms. The van der Waals surface area contributed by atoms with E-state index < -0.39 is 0 Å². The van der Waals surface area contributed by atoms with Crippen LogP contribution in [0.2, 0.25) is 5.02 Å². The van der Waals surface area contributed by atoms with E-state index in [9.17, 15) is 0 Å². The van der Waals surface area contributed by atoms with Gasteiger partial charge >= 0.3 is 0 Å². The number of nitrogens with one attached hydrogen (secondary N) is 1. The van der Waals surface area contributed by atoms with Crippen LogP contribution in [0.25, 0.3) is 0 Å². The Morgan fingerprint density at radius 2 is 2.31 bits per heavy atom. The Balaban J connectivity index is 2.42. The Morgan fingerprint density at radius 1 is 1.46 bits per heavy atom. The second kappa shape index (κ2) is 3.56. The molecule has 1 unspecified atom stereocenters. The van der Waals surface area contributed by atoms with E-state index in [4.69, 9.17) is 17.3 Å². The first-order valence-corrected chi connectivity index (χ1v) is 4.94. The smallest absolute Gasteiger partial charge is 0.0426 e. The van der Waals surface area contributed by atoms with Gasteiger partial charge in [0.05, 0.1) is 0 Å². The quantitative estimate of drug-likeness (QED) is 0.670. The Morgan fingerprint density at radius 3 is 3.15 bits per heavy atom. The average Bonchev–Trinajstić information content (AvgIpc) is 2.28. The molecule has 0 spiro atoms. The molecule has 1 aliphatic rings. The number of nitrogens with two attached hydrogens (primary N) is 1. The summed E-state index contributed by atoms with van der Waals surface area (Å²) in [5.41, 5.74) is 8.29. The maximum absolute atomic E-state index is 6.01. The summed E-state index contributed by atoms with van der Waals surface area (Å²) in [6, 6.07) is 6.01. The van der Waals surface area contributed by atoms with Gasteiger partial charge in [-0.25, -0.2) is 0 Å². The SMILES string of the molecule is NC1CCCNc2cc(Cl)ccc21. The highest BCUT2D eigenvalue weighted by molar-refractivity contribution is 6.30. The van der Waals surface area contributed by atoms with Gasteiger partial charge in [-0.05, 0) is 30.5 Å². The lowest BCUT2D eigenvalue weighted by molar-refractivity contribution is 0.642. The molecule has 2 rings (SSSR count). The van der Waals surface area contributed by atoms with Crippen LogP contribution in [0.1, 0.15) is 24.4 Å². The summed E-state index contributed by atoms with van der Waals surface area (Å²) in [5, 5.41) is 4.10. The van der Waals surface area contributed by atoms with Crippen molar-refractivity contribution in [1.29, 1.82) is 0 Å². The third-order valence-corrected chi connectivity index (χ3v) is 2.66. The van der Waals surface area contributed by atoms with Crippen LogP contribution in [-0.2, 0) is 0 Å². The topological polar surface area (TPSA) is 38.0 Å². The molecule has 0 saturated carbocycles. The summed E-state index contributed by atoms with van der Waals surface area (Å²) < 4.78 is 0. The van der Waals surface area contributed by atoms with Crippen LogP contribution in [0.4, 0.5) is 5.69 Å². The Bertz CT molecular complexity index is 312. The van der Waals surface area contributed by atoms with Crippen molar-refractivity contribution in [2.45, 2.75) is 18.9 Å². The van der Waals surface area contributed by atoms with Crippen molar-refractivity contribution in [3.63, 3.8) is 0 Å². The minimum absolute atomic E-state index is 0.155. The zero-order chi connectivity index (χ0) is 9.26. The molecule has 1 aliphatic heterocycles. The highest BCUT2D eigenvalue weighted by Gasteiger charge is 2.14. The predicted molar refractivity (Wildman–Crippen MR) is 56.1 cm³/mol. The van der Waals surface area contributed by atoms with E-state index in [-0.39, 0.29) is 6.04 Å². The van der Waals surface area contributed by atoms with E-state index in [0.717, 1.165) is 30.1 Å². The van der Waals surface area contributed by atoms with Gasteiger partial charge in [0.1, 0.15) is 0 Å². The first-order chi connectivity index (χ1) is 6.27. The lowest BCUT2D eigenvalue weighted by Gasteiger charge is -2.12. The van der Waals surface area contributed by atoms with Crippen molar-refractivity contribution in [2.24, 2.45) is 5.73 Å². The van der Waals surface area contributed by atoms with Gasteiger partial charge in [0.25, 0.3) is 0 Å². The minimum Gasteiger partial charge on any atom is -0.385 e. The molecule has 1 aromatic carbocycles. The van der Waals surface area contributed by atoms with Gasteiger partial charge in [0.15, 0.2) is 0 Å². The summed E-state index contributed by atoms with van der Waals surface area (Å²) in [5.74, 6) is 0. The maximum Gasteiger partial charge on any atom is 0.0426 e. The predicted octanol–water partition coefficient (Wildman–Crippen LogP) is 2.55. The largest absolute Gasteiger partial charge is 0.385 e. The lowest BCUT2D eigenvalue weighted by Crippen LogP contribution is -2.09. The van der Waals surface area contributed by atoms with Crippen molar-refractivity contribution in [3.8, 4) is 0 Å². The molecule has 0 aliphatic carbocycles. The van der Waals surface area contributed by atoms with E-state index in [0.29, 0.717) is 0 Å². The van der Waals surface area contributed by atoms with Crippen molar-refractivity contribution < 1.29 is 0 Å². The van der Waals surface area contributed by atoms with Gasteiger partial charge in [-0.2, -0.15) is 0 Å². The van der Waals surface area contributed by atoms with Crippen LogP contribution >= 0.6 is 11.6 Å². The second-order valence-electron chi connectivity index (χ2n) is 3.41. The fourth-order valence-corrected chi connectivity index (χ4v) is 1.88. The number of halogens is 1. The molecule has 0 aromatic heterocycles. The van der Waals surface area contributed by atoms with Crippen molar-refractivity contribution in [2.75, 3.05) is 11.9 Å². The van der Waals surface area contributed by atoms with Gasteiger partial charge in [-0.15, -0.1) is 0 Å². The Hall–Kier alpha value is -0.730. The summed E-state index contributed by atoms with van der Waals surface area (Å²) in [6.07, 6.45) is 2.16. The van der Waals surface area contributed by atoms with Gasteiger partial charge < -0.3 is 11.1 Å². The lowest BCUT2D eigenvalue weighted by atomic mass is 10.0. The standard InChI is InChI=1S/C10H13ClN2/c11-7-3-4-8-9(12)2-1-5-13-10(8)6-7/h3-4,6,9,13H,1-2,5,12H2. The first-order valence-electron chi connectivity index (χ1n) is 4.56. The maximum atomic E-state index is 6.01. The van der Waals surface area contributed by atoms with Crippen molar-refractivity contribution in [1.82, 2.24) is 0 Å². The third kappa shape index (κ3) is 1.79. The van der Waals surface area contributed by atoms with Gasteiger partial charge in [0.2, 0.25) is 0 Å².